The van der Waals surface area contributed by atoms with Crippen molar-refractivity contribution in [2.75, 3.05) is 0 Å². The van der Waals surface area contributed by atoms with Crippen molar-refractivity contribution in [2.24, 2.45) is 0 Å². The maximum Gasteiger partial charge on any atom is 0.243 e. The fourth-order valence-corrected chi connectivity index (χ4v) is 5.45. The number of Topliss-reactive ketones (excluding diaryl/α,β-unsaturated/α-hetero) is 1. The first-order valence-corrected chi connectivity index (χ1v) is 9.16. The van der Waals surface area contributed by atoms with Crippen LogP contribution in [0.1, 0.15) is 38.2 Å². The molecule has 3 rings (SSSR count). The van der Waals surface area contributed by atoms with E-state index >= 15 is 0 Å². The lowest BCUT2D eigenvalue weighted by molar-refractivity contribution is -0.114. The molecule has 118 valence electrons. The molecule has 2 atom stereocenters. The Labute approximate surface area is 131 Å². The third-order valence-corrected chi connectivity index (χ3v) is 6.64. The molecule has 0 amide bonds. The predicted octanol–water partition coefficient (Wildman–Crippen LogP) is 2.83. The van der Waals surface area contributed by atoms with Gasteiger partial charge < -0.3 is 0 Å². The van der Waals surface area contributed by atoms with Crippen molar-refractivity contribution in [2.45, 2.75) is 56.5 Å². The van der Waals surface area contributed by atoms with E-state index in [0.717, 1.165) is 31.2 Å². The van der Waals surface area contributed by atoms with Gasteiger partial charge in [0.25, 0.3) is 0 Å². The van der Waals surface area contributed by atoms with Gasteiger partial charge in [0.1, 0.15) is 0 Å². The van der Waals surface area contributed by atoms with Crippen molar-refractivity contribution in [1.82, 2.24) is 4.31 Å². The second-order valence-corrected chi connectivity index (χ2v) is 8.03. The molecule has 0 unspecified atom stereocenters. The van der Waals surface area contributed by atoms with Gasteiger partial charge in [0.05, 0.1) is 10.9 Å². The minimum absolute atomic E-state index is 0.00408. The topological polar surface area (TPSA) is 54.5 Å². The van der Waals surface area contributed by atoms with Gasteiger partial charge in [-0.25, -0.2) is 8.42 Å². The molecule has 2 aliphatic rings. The molecular formula is C17H21NO3S. The molecule has 0 aromatic heterocycles. The summed E-state index contributed by atoms with van der Waals surface area (Å²) in [4.78, 5) is 12.2. The van der Waals surface area contributed by atoms with E-state index in [1.807, 2.05) is 25.1 Å². The van der Waals surface area contributed by atoms with Crippen molar-refractivity contribution in [3.05, 3.63) is 41.5 Å². The van der Waals surface area contributed by atoms with E-state index in [0.29, 0.717) is 10.5 Å². The number of hydrogen-bond acceptors (Lipinski definition) is 3. The second-order valence-electron chi connectivity index (χ2n) is 6.19. The van der Waals surface area contributed by atoms with Crippen molar-refractivity contribution < 1.29 is 13.2 Å². The molecule has 1 fully saturated rings. The number of nitrogens with zero attached hydrogens (tertiary/aromatic N) is 1. The van der Waals surface area contributed by atoms with E-state index in [1.165, 1.54) is 6.92 Å². The number of sulfonamides is 1. The summed E-state index contributed by atoms with van der Waals surface area (Å²) < 4.78 is 27.7. The molecule has 22 heavy (non-hydrogen) atoms. The summed E-state index contributed by atoms with van der Waals surface area (Å²) in [5.41, 5.74) is 1.69. The number of allylic oxidation sites excluding steroid dienone is 1. The van der Waals surface area contributed by atoms with Gasteiger partial charge in [-0.2, -0.15) is 4.31 Å². The Kier molecular flexibility index (Phi) is 3.95. The number of ketones is 1. The zero-order valence-electron chi connectivity index (χ0n) is 13.0. The Bertz CT molecular complexity index is 719. The highest BCUT2D eigenvalue weighted by molar-refractivity contribution is 7.89. The zero-order valence-corrected chi connectivity index (χ0v) is 13.8. The highest BCUT2D eigenvalue weighted by Gasteiger charge is 2.45. The van der Waals surface area contributed by atoms with Crippen LogP contribution in [0.25, 0.3) is 0 Å². The first-order valence-electron chi connectivity index (χ1n) is 7.72. The van der Waals surface area contributed by atoms with E-state index in [-0.39, 0.29) is 17.9 Å². The van der Waals surface area contributed by atoms with Crippen LogP contribution in [-0.4, -0.2) is 30.6 Å². The molecule has 1 saturated heterocycles. The minimum Gasteiger partial charge on any atom is -0.295 e. The standard InChI is InChI=1S/C17H21NO3S/c1-12-6-9-15(10-7-12)22(20,21)18-14-4-3-5-16(13(2)19)17(18)11-8-14/h5-7,9-10,14,17H,3-4,8,11H2,1-2H3/t14-,17-/m0/s1. The van der Waals surface area contributed by atoms with Crippen LogP contribution in [0.4, 0.5) is 0 Å². The number of aryl methyl sites for hydroxylation is 1. The largest absolute Gasteiger partial charge is 0.295 e. The van der Waals surface area contributed by atoms with Crippen LogP contribution in [0.15, 0.2) is 40.8 Å². The Balaban J connectivity index is 2.04. The lowest BCUT2D eigenvalue weighted by Gasteiger charge is -2.28. The molecule has 0 N–H and O–H groups in total. The number of rotatable bonds is 3. The second kappa shape index (κ2) is 5.63. The molecule has 0 saturated carbocycles. The summed E-state index contributed by atoms with van der Waals surface area (Å²) in [6.07, 6.45) is 5.07. The van der Waals surface area contributed by atoms with E-state index < -0.39 is 10.0 Å². The summed E-state index contributed by atoms with van der Waals surface area (Å²) in [7, 11) is -3.56. The van der Waals surface area contributed by atoms with Crippen LogP contribution in [0, 0.1) is 6.92 Å². The van der Waals surface area contributed by atoms with Crippen LogP contribution in [0.2, 0.25) is 0 Å². The van der Waals surface area contributed by atoms with Gasteiger partial charge in [-0.05, 0) is 51.7 Å². The molecule has 1 aromatic rings. The summed E-state index contributed by atoms with van der Waals surface area (Å²) in [5, 5.41) is 0. The Morgan fingerprint density at radius 2 is 1.82 bits per heavy atom. The first-order chi connectivity index (χ1) is 10.4. The van der Waals surface area contributed by atoms with E-state index in [1.54, 1.807) is 16.4 Å². The van der Waals surface area contributed by atoms with Gasteiger partial charge >= 0.3 is 0 Å². The van der Waals surface area contributed by atoms with Crippen molar-refractivity contribution in [3.8, 4) is 0 Å². The van der Waals surface area contributed by atoms with Gasteiger partial charge in [-0.1, -0.05) is 23.8 Å². The van der Waals surface area contributed by atoms with E-state index in [9.17, 15) is 13.2 Å². The number of carbonyl (C=O) groups excluding carboxylic acids is 1. The van der Waals surface area contributed by atoms with Crippen LogP contribution >= 0.6 is 0 Å². The predicted molar refractivity (Wildman–Crippen MR) is 85.0 cm³/mol. The minimum atomic E-state index is -3.56. The normalized spacial score (nSPS) is 25.6. The lowest BCUT2D eigenvalue weighted by Crippen LogP contribution is -2.42. The lowest BCUT2D eigenvalue weighted by atomic mass is 9.98. The fraction of sp³-hybridized carbons (Fsp3) is 0.471. The smallest absolute Gasteiger partial charge is 0.243 e. The van der Waals surface area contributed by atoms with Crippen LogP contribution in [-0.2, 0) is 14.8 Å². The van der Waals surface area contributed by atoms with Crippen molar-refractivity contribution >= 4 is 15.8 Å². The third-order valence-electron chi connectivity index (χ3n) is 4.67. The number of hydrogen-bond donors (Lipinski definition) is 0. The molecular weight excluding hydrogens is 298 g/mol. The molecule has 0 spiro atoms. The molecule has 2 heterocycles. The first kappa shape index (κ1) is 15.4. The SMILES string of the molecule is CC(=O)C1=CCC[C@H]2CC[C@@H]1N2S(=O)(=O)c1ccc(C)cc1. The highest BCUT2D eigenvalue weighted by Crippen LogP contribution is 2.39. The number of benzene rings is 1. The average Bonchev–Trinajstić information content (AvgIpc) is 2.75. The van der Waals surface area contributed by atoms with Gasteiger partial charge in [-0.3, -0.25) is 4.79 Å². The summed E-state index contributed by atoms with van der Waals surface area (Å²) in [5.74, 6) is -0.0170. The van der Waals surface area contributed by atoms with Crippen LogP contribution in [0.3, 0.4) is 0 Å². The monoisotopic (exact) mass is 319 g/mol. The third kappa shape index (κ3) is 2.52. The van der Waals surface area contributed by atoms with Crippen molar-refractivity contribution in [3.63, 3.8) is 0 Å². The summed E-state index contributed by atoms with van der Waals surface area (Å²) >= 11 is 0. The maximum absolute atomic E-state index is 13.1. The number of fused-ring (bicyclic) bond motifs is 2. The van der Waals surface area contributed by atoms with Crippen LogP contribution < -0.4 is 0 Å². The molecule has 0 radical (unpaired) electrons. The fourth-order valence-electron chi connectivity index (χ4n) is 3.56. The molecule has 4 nitrogen and oxygen atoms in total. The van der Waals surface area contributed by atoms with Gasteiger partial charge in [-0.15, -0.1) is 0 Å². The van der Waals surface area contributed by atoms with Gasteiger partial charge in [0.2, 0.25) is 10.0 Å². The number of carbonyl (C=O) groups is 1. The molecule has 0 aliphatic carbocycles. The van der Waals surface area contributed by atoms with E-state index in [2.05, 4.69) is 0 Å². The zero-order chi connectivity index (χ0) is 15.9. The average molecular weight is 319 g/mol. The Morgan fingerprint density at radius 3 is 2.45 bits per heavy atom. The van der Waals surface area contributed by atoms with E-state index in [4.69, 9.17) is 0 Å². The Hall–Kier alpha value is -1.46. The molecule has 2 bridgehead atoms. The summed E-state index contributed by atoms with van der Waals surface area (Å²) in [6, 6.07) is 6.65. The molecule has 5 heteroatoms. The quantitative estimate of drug-likeness (QED) is 0.861. The maximum atomic E-state index is 13.1. The summed E-state index contributed by atoms with van der Waals surface area (Å²) in [6.45, 7) is 3.46. The van der Waals surface area contributed by atoms with Gasteiger partial charge in [0.15, 0.2) is 5.78 Å². The van der Waals surface area contributed by atoms with Gasteiger partial charge in [0, 0.05) is 11.6 Å². The molecule has 1 aromatic carbocycles. The highest BCUT2D eigenvalue weighted by atomic mass is 32.2. The van der Waals surface area contributed by atoms with Crippen molar-refractivity contribution in [1.29, 1.82) is 0 Å². The molecule has 2 aliphatic heterocycles. The Morgan fingerprint density at radius 1 is 1.14 bits per heavy atom. The van der Waals surface area contributed by atoms with Crippen LogP contribution in [0.5, 0.6) is 0 Å².